The van der Waals surface area contributed by atoms with Gasteiger partial charge in [-0.1, -0.05) is 19.1 Å². The lowest BCUT2D eigenvalue weighted by molar-refractivity contribution is 0.135. The Kier molecular flexibility index (Phi) is 6.29. The van der Waals surface area contributed by atoms with E-state index < -0.39 is 24.9 Å². The first kappa shape index (κ1) is 18.1. The fourth-order valence-electron chi connectivity index (χ4n) is 1.80. The second kappa shape index (κ2) is 7.32. The van der Waals surface area contributed by atoms with Crippen molar-refractivity contribution in [2.75, 3.05) is 26.3 Å². The quantitative estimate of drug-likeness (QED) is 0.691. The number of nitrogens with two attached hydrogens (primary N) is 1. The smallest absolute Gasteiger partial charge is 0.244 e. The normalized spacial score (nSPS) is 12.8. The van der Waals surface area contributed by atoms with Gasteiger partial charge in [0.05, 0.1) is 6.61 Å². The van der Waals surface area contributed by atoms with Gasteiger partial charge < -0.3 is 4.74 Å². The van der Waals surface area contributed by atoms with Gasteiger partial charge in [-0.25, -0.2) is 22.0 Å². The maximum Gasteiger partial charge on any atom is 0.244 e. The van der Waals surface area contributed by atoms with E-state index in [4.69, 9.17) is 9.88 Å². The van der Waals surface area contributed by atoms with Crippen LogP contribution in [0, 0.1) is 0 Å². The van der Waals surface area contributed by atoms with Crippen LogP contribution in [0.1, 0.15) is 13.8 Å². The summed E-state index contributed by atoms with van der Waals surface area (Å²) in [6.45, 7) is 4.54. The van der Waals surface area contributed by atoms with Crippen LogP contribution < -0.4 is 5.14 Å². The molecule has 1 aromatic carbocycles. The highest BCUT2D eigenvalue weighted by molar-refractivity contribution is 7.92. The lowest BCUT2D eigenvalue weighted by Gasteiger charge is -2.21. The molecule has 21 heavy (non-hydrogen) atoms. The predicted molar refractivity (Wildman–Crippen MR) is 78.7 cm³/mol. The maximum absolute atomic E-state index is 12.6. The molecule has 0 amide bonds. The summed E-state index contributed by atoms with van der Waals surface area (Å²) in [4.78, 5) is -0.717. The first-order valence-electron chi connectivity index (χ1n) is 6.44. The van der Waals surface area contributed by atoms with Crippen LogP contribution in [0.3, 0.4) is 0 Å². The van der Waals surface area contributed by atoms with Crippen molar-refractivity contribution in [3.63, 3.8) is 0 Å². The van der Waals surface area contributed by atoms with E-state index in [0.29, 0.717) is 6.61 Å². The Bertz CT molecular complexity index is 671. The van der Waals surface area contributed by atoms with Gasteiger partial charge in [0.25, 0.3) is 0 Å². The van der Waals surface area contributed by atoms with Gasteiger partial charge in [0.2, 0.25) is 20.0 Å². The van der Waals surface area contributed by atoms with E-state index in [2.05, 4.69) is 0 Å². The molecule has 0 atom stereocenters. The molecule has 9 heteroatoms. The average molecular weight is 336 g/mol. The largest absolute Gasteiger partial charge is 0.380 e. The summed E-state index contributed by atoms with van der Waals surface area (Å²) in [6.07, 6.45) is 0. The molecule has 0 radical (unpaired) electrons. The number of hydrogen-bond donors (Lipinski definition) is 1. The first-order valence-corrected chi connectivity index (χ1v) is 9.43. The van der Waals surface area contributed by atoms with Gasteiger partial charge in [-0.05, 0) is 19.1 Å². The van der Waals surface area contributed by atoms with Gasteiger partial charge in [0, 0.05) is 19.7 Å². The fraction of sp³-hybridized carbons (Fsp3) is 0.500. The van der Waals surface area contributed by atoms with Crippen LogP contribution in [0.4, 0.5) is 0 Å². The molecule has 0 bridgehead atoms. The van der Waals surface area contributed by atoms with Gasteiger partial charge in [-0.15, -0.1) is 0 Å². The summed E-state index contributed by atoms with van der Waals surface area (Å²) >= 11 is 0. The molecule has 0 aliphatic carbocycles. The summed E-state index contributed by atoms with van der Waals surface area (Å²) in [5, 5.41) is 5.08. The zero-order chi connectivity index (χ0) is 16.1. The minimum atomic E-state index is -4.12. The Morgan fingerprint density at radius 1 is 1.10 bits per heavy atom. The van der Waals surface area contributed by atoms with Gasteiger partial charge in [-0.3, -0.25) is 0 Å². The minimum absolute atomic E-state index is 0.144. The van der Waals surface area contributed by atoms with Crippen LogP contribution in [0.5, 0.6) is 0 Å². The molecular formula is C12H20N2O5S2. The van der Waals surface area contributed by atoms with Crippen molar-refractivity contribution in [1.82, 2.24) is 4.31 Å². The summed E-state index contributed by atoms with van der Waals surface area (Å²) < 4.78 is 54.5. The molecule has 0 saturated carbocycles. The molecule has 0 fully saturated rings. The van der Waals surface area contributed by atoms with E-state index in [0.717, 1.165) is 4.31 Å². The molecule has 0 aliphatic rings. The molecule has 0 saturated heterocycles. The van der Waals surface area contributed by atoms with Crippen molar-refractivity contribution >= 4 is 20.0 Å². The monoisotopic (exact) mass is 336 g/mol. The van der Waals surface area contributed by atoms with Crippen molar-refractivity contribution in [2.45, 2.75) is 23.6 Å². The highest BCUT2D eigenvalue weighted by Gasteiger charge is 2.28. The van der Waals surface area contributed by atoms with Crippen LogP contribution in [0.25, 0.3) is 0 Å². The molecule has 7 nitrogen and oxygen atoms in total. The number of ether oxygens (including phenoxy) is 1. The zero-order valence-corrected chi connectivity index (χ0v) is 13.7. The maximum atomic E-state index is 12.6. The molecular weight excluding hydrogens is 316 g/mol. The van der Waals surface area contributed by atoms with E-state index in [-0.39, 0.29) is 24.6 Å². The van der Waals surface area contributed by atoms with Crippen LogP contribution >= 0.6 is 0 Å². The van der Waals surface area contributed by atoms with Gasteiger partial charge in [0.1, 0.15) is 9.79 Å². The fourth-order valence-corrected chi connectivity index (χ4v) is 4.58. The molecule has 120 valence electrons. The van der Waals surface area contributed by atoms with Crippen LogP contribution in [-0.2, 0) is 24.8 Å². The number of nitrogens with zero attached hydrogens (tertiary/aromatic N) is 1. The number of benzene rings is 1. The second-order valence-corrected chi connectivity index (χ2v) is 7.62. The molecule has 0 spiro atoms. The number of sulfonamides is 2. The van der Waals surface area contributed by atoms with Crippen molar-refractivity contribution in [3.8, 4) is 0 Å². The summed E-state index contributed by atoms with van der Waals surface area (Å²) in [5.74, 6) is 0. The summed E-state index contributed by atoms with van der Waals surface area (Å²) in [6, 6.07) is 5.30. The van der Waals surface area contributed by atoms with Crippen molar-refractivity contribution in [2.24, 2.45) is 5.14 Å². The Hall–Kier alpha value is -1.00. The van der Waals surface area contributed by atoms with E-state index in [1.165, 1.54) is 24.3 Å². The molecule has 0 heterocycles. The number of likely N-dealkylation sites (N-methyl/N-ethyl adjacent to an activating group) is 1. The van der Waals surface area contributed by atoms with Gasteiger partial charge in [-0.2, -0.15) is 4.31 Å². The van der Waals surface area contributed by atoms with E-state index >= 15 is 0 Å². The molecule has 0 aromatic heterocycles. The van der Waals surface area contributed by atoms with Gasteiger partial charge in [0.15, 0.2) is 0 Å². The van der Waals surface area contributed by atoms with Crippen LogP contribution in [0.2, 0.25) is 0 Å². The topological polar surface area (TPSA) is 107 Å². The van der Waals surface area contributed by atoms with Crippen molar-refractivity contribution in [3.05, 3.63) is 24.3 Å². The standard InChI is InChI=1S/C12H20N2O5S2/c1-3-14(9-10-19-4-2)21(17,18)12-8-6-5-7-11(12)20(13,15)16/h5-8H,3-4,9-10H2,1-2H3,(H2,13,15,16). The molecule has 1 aromatic rings. The third kappa shape index (κ3) is 4.48. The Morgan fingerprint density at radius 3 is 2.14 bits per heavy atom. The Labute approximate surface area is 125 Å². The number of hydrogen-bond acceptors (Lipinski definition) is 5. The van der Waals surface area contributed by atoms with Crippen LogP contribution in [0.15, 0.2) is 34.1 Å². The zero-order valence-electron chi connectivity index (χ0n) is 12.0. The van der Waals surface area contributed by atoms with E-state index in [1.807, 2.05) is 0 Å². The molecule has 0 aliphatic heterocycles. The molecule has 0 unspecified atom stereocenters. The SMILES string of the molecule is CCOCCN(CC)S(=O)(=O)c1ccccc1S(N)(=O)=O. The molecule has 2 N–H and O–H groups in total. The van der Waals surface area contributed by atoms with E-state index in [9.17, 15) is 16.8 Å². The second-order valence-electron chi connectivity index (χ2n) is 4.19. The van der Waals surface area contributed by atoms with Crippen LogP contribution in [-0.4, -0.2) is 47.4 Å². The number of rotatable bonds is 8. The lowest BCUT2D eigenvalue weighted by atomic mass is 10.4. The van der Waals surface area contributed by atoms with Crippen molar-refractivity contribution in [1.29, 1.82) is 0 Å². The third-order valence-corrected chi connectivity index (χ3v) is 5.95. The predicted octanol–water partition coefficient (Wildman–Crippen LogP) is 0.381. The van der Waals surface area contributed by atoms with E-state index in [1.54, 1.807) is 13.8 Å². The summed E-state index contributed by atoms with van der Waals surface area (Å²) in [5.41, 5.74) is 0. The Morgan fingerprint density at radius 2 is 1.67 bits per heavy atom. The highest BCUT2D eigenvalue weighted by atomic mass is 32.2. The highest BCUT2D eigenvalue weighted by Crippen LogP contribution is 2.23. The van der Waals surface area contributed by atoms with Crippen molar-refractivity contribution < 1.29 is 21.6 Å². The molecule has 1 rings (SSSR count). The average Bonchev–Trinajstić information content (AvgIpc) is 2.42. The lowest BCUT2D eigenvalue weighted by Crippen LogP contribution is -2.35. The number of primary sulfonamides is 1. The summed E-state index contributed by atoms with van der Waals surface area (Å²) in [7, 11) is -8.07. The third-order valence-electron chi connectivity index (χ3n) is 2.82. The van der Waals surface area contributed by atoms with Gasteiger partial charge >= 0.3 is 0 Å². The Balaban J connectivity index is 3.24. The first-order chi connectivity index (χ1) is 9.75. The minimum Gasteiger partial charge on any atom is -0.380 e.